The number of anilines is 1. The second-order valence-electron chi connectivity index (χ2n) is 4.27. The summed E-state index contributed by atoms with van der Waals surface area (Å²) in [5.74, 6) is 0.858. The van der Waals surface area contributed by atoms with E-state index in [4.69, 9.17) is 27.9 Å². The van der Waals surface area contributed by atoms with Gasteiger partial charge in [-0.2, -0.15) is 0 Å². The van der Waals surface area contributed by atoms with E-state index in [1.54, 1.807) is 13.2 Å². The predicted molar refractivity (Wildman–Crippen MR) is 81.5 cm³/mol. The summed E-state index contributed by atoms with van der Waals surface area (Å²) in [4.78, 5) is 0. The summed E-state index contributed by atoms with van der Waals surface area (Å²) in [5.41, 5.74) is 3.09. The fourth-order valence-electron chi connectivity index (χ4n) is 1.88. The number of ether oxygens (including phenoxy) is 1. The maximum Gasteiger partial charge on any atom is 0.123 e. The average molecular weight is 296 g/mol. The van der Waals surface area contributed by atoms with Gasteiger partial charge >= 0.3 is 0 Å². The lowest BCUT2D eigenvalue weighted by Gasteiger charge is -2.13. The van der Waals surface area contributed by atoms with Gasteiger partial charge in [-0.15, -0.1) is 0 Å². The minimum Gasteiger partial charge on any atom is -0.496 e. The Kier molecular flexibility index (Phi) is 4.56. The zero-order chi connectivity index (χ0) is 13.8. The van der Waals surface area contributed by atoms with Crippen molar-refractivity contribution in [3.05, 3.63) is 57.6 Å². The predicted octanol–water partition coefficient (Wildman–Crippen LogP) is 4.92. The Labute approximate surface area is 123 Å². The van der Waals surface area contributed by atoms with Gasteiger partial charge in [0, 0.05) is 12.1 Å². The van der Waals surface area contributed by atoms with Gasteiger partial charge in [-0.1, -0.05) is 47.0 Å². The monoisotopic (exact) mass is 295 g/mol. The van der Waals surface area contributed by atoms with Gasteiger partial charge in [0.25, 0.3) is 0 Å². The molecule has 2 nitrogen and oxygen atoms in total. The molecule has 1 N–H and O–H groups in total. The van der Waals surface area contributed by atoms with Crippen molar-refractivity contribution >= 4 is 28.9 Å². The summed E-state index contributed by atoms with van der Waals surface area (Å²) in [6.07, 6.45) is 0. The molecule has 0 aromatic heterocycles. The zero-order valence-corrected chi connectivity index (χ0v) is 12.3. The Bertz CT molecular complexity index is 584. The summed E-state index contributed by atoms with van der Waals surface area (Å²) < 4.78 is 5.34. The van der Waals surface area contributed by atoms with Crippen LogP contribution in [0.15, 0.2) is 36.4 Å². The molecule has 2 rings (SSSR count). The topological polar surface area (TPSA) is 21.3 Å². The Morgan fingerprint density at radius 3 is 2.68 bits per heavy atom. The molecule has 0 aliphatic rings. The molecule has 0 bridgehead atoms. The van der Waals surface area contributed by atoms with Crippen LogP contribution in [-0.4, -0.2) is 7.11 Å². The van der Waals surface area contributed by atoms with E-state index in [-0.39, 0.29) is 0 Å². The molecule has 0 amide bonds. The highest BCUT2D eigenvalue weighted by Gasteiger charge is 2.06. The molecule has 19 heavy (non-hydrogen) atoms. The van der Waals surface area contributed by atoms with E-state index in [9.17, 15) is 0 Å². The maximum atomic E-state index is 6.14. The van der Waals surface area contributed by atoms with Gasteiger partial charge in [0.05, 0.1) is 22.8 Å². The number of aryl methyl sites for hydroxylation is 1. The molecule has 0 unspecified atom stereocenters. The van der Waals surface area contributed by atoms with Gasteiger partial charge in [-0.25, -0.2) is 0 Å². The third-order valence-corrected chi connectivity index (χ3v) is 3.68. The van der Waals surface area contributed by atoms with Crippen molar-refractivity contribution in [1.82, 2.24) is 0 Å². The van der Waals surface area contributed by atoms with Crippen molar-refractivity contribution in [2.75, 3.05) is 12.4 Å². The van der Waals surface area contributed by atoms with Crippen LogP contribution in [0.2, 0.25) is 10.0 Å². The number of benzene rings is 2. The fraction of sp³-hybridized carbons (Fsp3) is 0.200. The summed E-state index contributed by atoms with van der Waals surface area (Å²) in [7, 11) is 1.67. The van der Waals surface area contributed by atoms with Gasteiger partial charge < -0.3 is 10.1 Å². The minimum absolute atomic E-state index is 0.538. The molecule has 0 atom stereocenters. The van der Waals surface area contributed by atoms with Gasteiger partial charge in [-0.05, 0) is 25.1 Å². The third kappa shape index (κ3) is 3.34. The SMILES string of the molecule is COc1ccc(C)cc1CNc1cccc(Cl)c1Cl. The van der Waals surface area contributed by atoms with Crippen molar-refractivity contribution < 1.29 is 4.74 Å². The number of hydrogen-bond donors (Lipinski definition) is 1. The molecule has 0 radical (unpaired) electrons. The van der Waals surface area contributed by atoms with E-state index >= 15 is 0 Å². The van der Waals surface area contributed by atoms with Crippen LogP contribution in [0.1, 0.15) is 11.1 Å². The fourth-order valence-corrected chi connectivity index (χ4v) is 2.24. The molecule has 0 saturated heterocycles. The number of halogens is 2. The highest BCUT2D eigenvalue weighted by Crippen LogP contribution is 2.30. The smallest absolute Gasteiger partial charge is 0.123 e. The summed E-state index contributed by atoms with van der Waals surface area (Å²) in [5, 5.41) is 4.36. The van der Waals surface area contributed by atoms with E-state index in [1.165, 1.54) is 5.56 Å². The van der Waals surface area contributed by atoms with Gasteiger partial charge in [-0.3, -0.25) is 0 Å². The largest absolute Gasteiger partial charge is 0.496 e. The molecule has 2 aromatic rings. The second kappa shape index (κ2) is 6.18. The van der Waals surface area contributed by atoms with Crippen LogP contribution in [0.25, 0.3) is 0 Å². The first-order valence-corrected chi connectivity index (χ1v) is 6.69. The van der Waals surface area contributed by atoms with Crippen LogP contribution in [-0.2, 0) is 6.54 Å². The number of nitrogens with one attached hydrogen (secondary N) is 1. The van der Waals surface area contributed by atoms with Gasteiger partial charge in [0.2, 0.25) is 0 Å². The third-order valence-electron chi connectivity index (χ3n) is 2.86. The number of rotatable bonds is 4. The van der Waals surface area contributed by atoms with Crippen molar-refractivity contribution in [3.8, 4) is 5.75 Å². The van der Waals surface area contributed by atoms with Crippen LogP contribution in [0.3, 0.4) is 0 Å². The molecule has 0 aliphatic heterocycles. The molecule has 2 aromatic carbocycles. The molecule has 0 saturated carbocycles. The van der Waals surface area contributed by atoms with Crippen LogP contribution >= 0.6 is 23.2 Å². The van der Waals surface area contributed by atoms with E-state index in [0.717, 1.165) is 17.0 Å². The van der Waals surface area contributed by atoms with Crippen molar-refractivity contribution in [2.45, 2.75) is 13.5 Å². The Balaban J connectivity index is 2.18. The Morgan fingerprint density at radius 1 is 1.16 bits per heavy atom. The molecule has 0 spiro atoms. The summed E-state index contributed by atoms with van der Waals surface area (Å²) in [6.45, 7) is 2.68. The maximum absolute atomic E-state index is 6.14. The van der Waals surface area contributed by atoms with Gasteiger partial charge in [0.1, 0.15) is 5.75 Å². The normalized spacial score (nSPS) is 10.3. The molecule has 0 heterocycles. The molecule has 0 fully saturated rings. The quantitative estimate of drug-likeness (QED) is 0.864. The first-order valence-electron chi connectivity index (χ1n) is 5.93. The molecule has 100 valence electrons. The van der Waals surface area contributed by atoms with Gasteiger partial charge in [0.15, 0.2) is 0 Å². The van der Waals surface area contributed by atoms with E-state index in [0.29, 0.717) is 16.6 Å². The second-order valence-corrected chi connectivity index (χ2v) is 5.06. The highest BCUT2D eigenvalue weighted by atomic mass is 35.5. The standard InChI is InChI=1S/C15H15Cl2NO/c1-10-6-7-14(19-2)11(8-10)9-18-13-5-3-4-12(16)15(13)17/h3-8,18H,9H2,1-2H3. The highest BCUT2D eigenvalue weighted by molar-refractivity contribution is 6.43. The first-order chi connectivity index (χ1) is 9.11. The molecule has 4 heteroatoms. The molecular weight excluding hydrogens is 281 g/mol. The zero-order valence-electron chi connectivity index (χ0n) is 10.8. The van der Waals surface area contributed by atoms with E-state index in [2.05, 4.69) is 18.3 Å². The van der Waals surface area contributed by atoms with Crippen molar-refractivity contribution in [1.29, 1.82) is 0 Å². The average Bonchev–Trinajstić information content (AvgIpc) is 2.40. The van der Waals surface area contributed by atoms with Crippen molar-refractivity contribution in [2.24, 2.45) is 0 Å². The Hall–Kier alpha value is -1.38. The lowest BCUT2D eigenvalue weighted by molar-refractivity contribution is 0.410. The van der Waals surface area contributed by atoms with E-state index < -0.39 is 0 Å². The molecular formula is C15H15Cl2NO. The summed E-state index contributed by atoms with van der Waals surface area (Å²) in [6, 6.07) is 11.6. The van der Waals surface area contributed by atoms with Crippen LogP contribution in [0.5, 0.6) is 5.75 Å². The lowest BCUT2D eigenvalue weighted by atomic mass is 10.1. The number of hydrogen-bond acceptors (Lipinski definition) is 2. The minimum atomic E-state index is 0.538. The van der Waals surface area contributed by atoms with Crippen LogP contribution < -0.4 is 10.1 Å². The Morgan fingerprint density at radius 2 is 1.95 bits per heavy atom. The van der Waals surface area contributed by atoms with E-state index in [1.807, 2.05) is 24.3 Å². The summed E-state index contributed by atoms with van der Waals surface area (Å²) >= 11 is 12.1. The molecule has 0 aliphatic carbocycles. The van der Waals surface area contributed by atoms with Crippen molar-refractivity contribution in [3.63, 3.8) is 0 Å². The van der Waals surface area contributed by atoms with Crippen LogP contribution in [0.4, 0.5) is 5.69 Å². The number of methoxy groups -OCH3 is 1. The lowest BCUT2D eigenvalue weighted by Crippen LogP contribution is -2.02. The van der Waals surface area contributed by atoms with Crippen LogP contribution in [0, 0.1) is 6.92 Å². The first kappa shape index (κ1) is 14.0.